The summed E-state index contributed by atoms with van der Waals surface area (Å²) in [5.41, 5.74) is 9.86. The van der Waals surface area contributed by atoms with Crippen molar-refractivity contribution in [3.8, 4) is 51.0 Å². The molecule has 10 aromatic carbocycles. The van der Waals surface area contributed by atoms with Crippen LogP contribution < -0.4 is 0 Å². The van der Waals surface area contributed by atoms with Gasteiger partial charge in [-0.15, -0.1) is 0 Å². The van der Waals surface area contributed by atoms with E-state index < -0.39 is 0 Å². The number of rotatable bonds is 5. The lowest BCUT2D eigenvalue weighted by molar-refractivity contribution is 0.669. The summed E-state index contributed by atoms with van der Waals surface area (Å²) in [5, 5.41) is 11.6. The van der Waals surface area contributed by atoms with Gasteiger partial charge in [0, 0.05) is 38.1 Å². The molecule has 0 spiro atoms. The zero-order valence-corrected chi connectivity index (χ0v) is 33.3. The average Bonchev–Trinajstić information content (AvgIpc) is 3.89. The molecule has 0 N–H and O–H groups in total. The van der Waals surface area contributed by atoms with Crippen molar-refractivity contribution >= 4 is 76.1 Å². The highest BCUT2D eigenvalue weighted by molar-refractivity contribution is 6.24. The first-order valence-electron chi connectivity index (χ1n) is 20.9. The Morgan fingerprint density at radius 3 is 1.76 bits per heavy atom. The Labute approximate surface area is 355 Å². The highest BCUT2D eigenvalue weighted by atomic mass is 16.3. The lowest BCUT2D eigenvalue weighted by Crippen LogP contribution is -2.02. The molecule has 0 aliphatic heterocycles. The number of para-hydroxylation sites is 2. The predicted octanol–water partition coefficient (Wildman–Crippen LogP) is 15.0. The molecule has 0 amide bonds. The van der Waals surface area contributed by atoms with Gasteiger partial charge in [-0.2, -0.15) is 0 Å². The molecule has 13 rings (SSSR count). The summed E-state index contributed by atoms with van der Waals surface area (Å²) in [6.45, 7) is 0. The molecule has 13 aromatic rings. The third-order valence-corrected chi connectivity index (χ3v) is 12.4. The first-order chi connectivity index (χ1) is 30.7. The molecule has 0 aliphatic rings. The van der Waals surface area contributed by atoms with Crippen LogP contribution in [0.25, 0.3) is 127 Å². The van der Waals surface area contributed by atoms with E-state index in [2.05, 4.69) is 168 Å². The summed E-state index contributed by atoms with van der Waals surface area (Å²) in [7, 11) is 0. The van der Waals surface area contributed by atoms with Gasteiger partial charge in [-0.1, -0.05) is 164 Å². The van der Waals surface area contributed by atoms with Gasteiger partial charge in [-0.3, -0.25) is 0 Å². The van der Waals surface area contributed by atoms with E-state index in [9.17, 15) is 0 Å². The van der Waals surface area contributed by atoms with Gasteiger partial charge in [0.05, 0.1) is 22.3 Å². The second kappa shape index (κ2) is 13.6. The molecular formula is C57H34N4O. The van der Waals surface area contributed by atoms with Crippen LogP contribution in [0.2, 0.25) is 0 Å². The van der Waals surface area contributed by atoms with Crippen LogP contribution in [0.1, 0.15) is 0 Å². The fourth-order valence-corrected chi connectivity index (χ4v) is 9.62. The Balaban J connectivity index is 1.13. The van der Waals surface area contributed by atoms with Crippen LogP contribution in [0, 0.1) is 0 Å². The molecule has 0 saturated heterocycles. The Hall–Kier alpha value is -8.41. The van der Waals surface area contributed by atoms with Gasteiger partial charge < -0.3 is 8.98 Å². The SMILES string of the molecule is c1ccc(-c2nc(-c3ccc(-n4c5cc6ccccc6cc5c5c6ccccc6ccc54)c4c(-c5ccccc5)cccc34)nc(-c3cccc4c3oc3ccccc34)n2)cc1. The smallest absolute Gasteiger partial charge is 0.167 e. The second-order valence-electron chi connectivity index (χ2n) is 15.9. The third-order valence-electron chi connectivity index (χ3n) is 12.4. The van der Waals surface area contributed by atoms with Crippen molar-refractivity contribution in [2.24, 2.45) is 0 Å². The van der Waals surface area contributed by atoms with Crippen LogP contribution >= 0.6 is 0 Å². The van der Waals surface area contributed by atoms with E-state index in [1.165, 1.54) is 32.3 Å². The Morgan fingerprint density at radius 1 is 0.339 bits per heavy atom. The summed E-state index contributed by atoms with van der Waals surface area (Å²) in [4.78, 5) is 15.8. The van der Waals surface area contributed by atoms with Crippen molar-refractivity contribution in [3.05, 3.63) is 206 Å². The van der Waals surface area contributed by atoms with E-state index in [-0.39, 0.29) is 0 Å². The van der Waals surface area contributed by atoms with Gasteiger partial charge in [0.25, 0.3) is 0 Å². The van der Waals surface area contributed by atoms with E-state index in [1.54, 1.807) is 0 Å². The van der Waals surface area contributed by atoms with E-state index in [0.29, 0.717) is 17.5 Å². The van der Waals surface area contributed by atoms with E-state index in [4.69, 9.17) is 19.4 Å². The molecule has 5 heteroatoms. The number of benzene rings is 10. The van der Waals surface area contributed by atoms with E-state index in [1.807, 2.05) is 42.5 Å². The maximum atomic E-state index is 6.54. The Kier molecular flexibility index (Phi) is 7.54. The van der Waals surface area contributed by atoms with E-state index in [0.717, 1.165) is 77.2 Å². The first kappa shape index (κ1) is 34.5. The van der Waals surface area contributed by atoms with Crippen LogP contribution in [-0.4, -0.2) is 19.5 Å². The first-order valence-corrected chi connectivity index (χ1v) is 20.9. The minimum atomic E-state index is 0.552. The zero-order chi connectivity index (χ0) is 40.7. The third kappa shape index (κ3) is 5.25. The summed E-state index contributed by atoms with van der Waals surface area (Å²) in [6, 6.07) is 72.9. The molecule has 288 valence electrons. The van der Waals surface area contributed by atoms with Crippen molar-refractivity contribution < 1.29 is 4.42 Å². The Bertz CT molecular complexity index is 3920. The fraction of sp³-hybridized carbons (Fsp3) is 0. The normalized spacial score (nSPS) is 11.9. The molecule has 62 heavy (non-hydrogen) atoms. The molecule has 0 aliphatic carbocycles. The maximum Gasteiger partial charge on any atom is 0.167 e. The molecule has 3 heterocycles. The van der Waals surface area contributed by atoms with Gasteiger partial charge in [-0.25, -0.2) is 15.0 Å². The lowest BCUT2D eigenvalue weighted by Gasteiger charge is -2.18. The summed E-state index contributed by atoms with van der Waals surface area (Å²) in [5.74, 6) is 1.73. The van der Waals surface area contributed by atoms with Crippen LogP contribution in [0.4, 0.5) is 0 Å². The zero-order valence-electron chi connectivity index (χ0n) is 33.3. The number of hydrogen-bond acceptors (Lipinski definition) is 4. The van der Waals surface area contributed by atoms with Gasteiger partial charge in [0.1, 0.15) is 11.2 Å². The predicted molar refractivity (Wildman–Crippen MR) is 256 cm³/mol. The van der Waals surface area contributed by atoms with Crippen LogP contribution in [0.5, 0.6) is 0 Å². The number of furan rings is 1. The highest BCUT2D eigenvalue weighted by Crippen LogP contribution is 2.44. The Morgan fingerprint density at radius 2 is 0.952 bits per heavy atom. The van der Waals surface area contributed by atoms with Crippen LogP contribution in [0.3, 0.4) is 0 Å². The van der Waals surface area contributed by atoms with Gasteiger partial charge in [0.2, 0.25) is 0 Å². The minimum Gasteiger partial charge on any atom is -0.455 e. The summed E-state index contributed by atoms with van der Waals surface area (Å²) >= 11 is 0. The fourth-order valence-electron chi connectivity index (χ4n) is 9.62. The number of fused-ring (bicyclic) bond motifs is 10. The number of nitrogens with zero attached hydrogens (tertiary/aromatic N) is 4. The van der Waals surface area contributed by atoms with Gasteiger partial charge in [-0.05, 0) is 80.5 Å². The molecule has 0 atom stereocenters. The molecule has 0 fully saturated rings. The van der Waals surface area contributed by atoms with Crippen molar-refractivity contribution in [2.75, 3.05) is 0 Å². The minimum absolute atomic E-state index is 0.552. The van der Waals surface area contributed by atoms with Crippen molar-refractivity contribution in [1.82, 2.24) is 19.5 Å². The summed E-state index contributed by atoms with van der Waals surface area (Å²) in [6.07, 6.45) is 0. The average molecular weight is 791 g/mol. The number of aromatic nitrogens is 4. The van der Waals surface area contributed by atoms with E-state index >= 15 is 0 Å². The topological polar surface area (TPSA) is 56.7 Å². The quantitative estimate of drug-likeness (QED) is 0.174. The molecule has 3 aromatic heterocycles. The monoisotopic (exact) mass is 790 g/mol. The molecule has 0 radical (unpaired) electrons. The number of hydrogen-bond donors (Lipinski definition) is 0. The highest BCUT2D eigenvalue weighted by Gasteiger charge is 2.23. The molecular weight excluding hydrogens is 757 g/mol. The lowest BCUT2D eigenvalue weighted by atomic mass is 9.93. The molecule has 0 bridgehead atoms. The van der Waals surface area contributed by atoms with Crippen molar-refractivity contribution in [3.63, 3.8) is 0 Å². The standard InChI is InChI=1S/C57H34N4O/c1-3-15-35(16-4-1)41-24-13-25-43-45(56-58-55(37-18-5-2-6-19-37)59-57(60-56)46-27-14-26-44-42-23-11-12-28-51(42)62-54(44)46)30-32-49(52(41)43)61-48-31-29-36-17-9-10-22-40(36)53(48)47-33-38-20-7-8-21-39(38)34-50(47)61/h1-34H. The van der Waals surface area contributed by atoms with Gasteiger partial charge in [0.15, 0.2) is 17.5 Å². The van der Waals surface area contributed by atoms with Crippen LogP contribution in [0.15, 0.2) is 211 Å². The van der Waals surface area contributed by atoms with Crippen molar-refractivity contribution in [1.29, 1.82) is 0 Å². The largest absolute Gasteiger partial charge is 0.455 e. The van der Waals surface area contributed by atoms with Crippen LogP contribution in [-0.2, 0) is 0 Å². The molecule has 5 nitrogen and oxygen atoms in total. The molecule has 0 saturated carbocycles. The van der Waals surface area contributed by atoms with Crippen molar-refractivity contribution in [2.45, 2.75) is 0 Å². The summed E-state index contributed by atoms with van der Waals surface area (Å²) < 4.78 is 9.01. The molecule has 0 unspecified atom stereocenters. The second-order valence-corrected chi connectivity index (χ2v) is 15.9. The maximum absolute atomic E-state index is 6.54. The van der Waals surface area contributed by atoms with Gasteiger partial charge >= 0.3 is 0 Å².